The van der Waals surface area contributed by atoms with Crippen LogP contribution in [0.15, 0.2) is 63.9 Å². The van der Waals surface area contributed by atoms with Gasteiger partial charge in [0.05, 0.1) is 22.9 Å². The highest BCUT2D eigenvalue weighted by atomic mass is 35.5. The number of para-hydroxylation sites is 1. The van der Waals surface area contributed by atoms with Gasteiger partial charge in [0.15, 0.2) is 0 Å². The molecule has 118 valence electrons. The molecule has 0 spiro atoms. The molecule has 2 amide bonds. The molecule has 0 aliphatic carbocycles. The summed E-state index contributed by atoms with van der Waals surface area (Å²) in [5, 5.41) is 10.2. The van der Waals surface area contributed by atoms with Crippen LogP contribution in [0.3, 0.4) is 0 Å². The largest absolute Gasteiger partial charge is 0.469 e. The highest BCUT2D eigenvalue weighted by Gasteiger charge is 2.18. The summed E-state index contributed by atoms with van der Waals surface area (Å²) in [7, 11) is 0. The van der Waals surface area contributed by atoms with Crippen molar-refractivity contribution in [1.29, 1.82) is 0 Å². The molecule has 3 rings (SSSR count). The van der Waals surface area contributed by atoms with E-state index in [1.54, 1.807) is 29.7 Å². The van der Waals surface area contributed by atoms with Gasteiger partial charge in [0.1, 0.15) is 5.76 Å². The third-order valence-corrected chi connectivity index (χ3v) is 4.45. The topological polar surface area (TPSA) is 54.3 Å². The van der Waals surface area contributed by atoms with Gasteiger partial charge in [-0.2, -0.15) is 11.3 Å². The number of nitrogens with one attached hydrogen (secondary N) is 2. The van der Waals surface area contributed by atoms with Crippen molar-refractivity contribution in [3.05, 3.63) is 75.8 Å². The highest BCUT2D eigenvalue weighted by molar-refractivity contribution is 7.08. The van der Waals surface area contributed by atoms with E-state index in [-0.39, 0.29) is 11.9 Å². The molecule has 1 atom stereocenters. The van der Waals surface area contributed by atoms with E-state index in [4.69, 9.17) is 16.0 Å². The first-order valence-electron chi connectivity index (χ1n) is 7.09. The number of furan rings is 1. The molecule has 6 heteroatoms. The van der Waals surface area contributed by atoms with Crippen LogP contribution >= 0.6 is 22.9 Å². The number of thiophene rings is 1. The number of hydrogen-bond donors (Lipinski definition) is 2. The van der Waals surface area contributed by atoms with E-state index in [2.05, 4.69) is 16.0 Å². The minimum absolute atomic E-state index is 0.0201. The fourth-order valence-corrected chi connectivity index (χ4v) is 3.17. The second-order valence-electron chi connectivity index (χ2n) is 4.94. The van der Waals surface area contributed by atoms with Crippen LogP contribution in [-0.2, 0) is 0 Å². The van der Waals surface area contributed by atoms with Crippen LogP contribution in [-0.4, -0.2) is 12.6 Å². The molecule has 0 fully saturated rings. The Morgan fingerprint density at radius 3 is 2.78 bits per heavy atom. The van der Waals surface area contributed by atoms with Crippen LogP contribution in [0.5, 0.6) is 0 Å². The SMILES string of the molecule is O=C(NCC(c1ccsc1)c1ccco1)Nc1ccccc1Cl. The van der Waals surface area contributed by atoms with E-state index in [1.807, 2.05) is 35.7 Å². The molecule has 0 saturated carbocycles. The lowest BCUT2D eigenvalue weighted by Gasteiger charge is -2.15. The van der Waals surface area contributed by atoms with Gasteiger partial charge in [0.2, 0.25) is 0 Å². The molecule has 0 bridgehead atoms. The second kappa shape index (κ2) is 7.35. The number of anilines is 1. The second-order valence-corrected chi connectivity index (χ2v) is 6.13. The summed E-state index contributed by atoms with van der Waals surface area (Å²) in [5.41, 5.74) is 1.69. The van der Waals surface area contributed by atoms with Crippen LogP contribution in [0.25, 0.3) is 0 Å². The lowest BCUT2D eigenvalue weighted by atomic mass is 9.99. The number of carbonyl (C=O) groups is 1. The Hall–Kier alpha value is -2.24. The van der Waals surface area contributed by atoms with E-state index < -0.39 is 0 Å². The van der Waals surface area contributed by atoms with Crippen LogP contribution in [0.4, 0.5) is 10.5 Å². The minimum atomic E-state index is -0.301. The van der Waals surface area contributed by atoms with Crippen molar-refractivity contribution in [2.75, 3.05) is 11.9 Å². The Bertz CT molecular complexity index is 723. The van der Waals surface area contributed by atoms with Gasteiger partial charge in [-0.25, -0.2) is 4.79 Å². The Balaban J connectivity index is 1.65. The van der Waals surface area contributed by atoms with Crippen molar-refractivity contribution in [2.24, 2.45) is 0 Å². The smallest absolute Gasteiger partial charge is 0.319 e. The van der Waals surface area contributed by atoms with Crippen molar-refractivity contribution in [1.82, 2.24) is 5.32 Å². The van der Waals surface area contributed by atoms with Crippen molar-refractivity contribution in [2.45, 2.75) is 5.92 Å². The number of hydrogen-bond acceptors (Lipinski definition) is 3. The molecule has 0 radical (unpaired) electrons. The summed E-state index contributed by atoms with van der Waals surface area (Å²) >= 11 is 7.65. The van der Waals surface area contributed by atoms with Gasteiger partial charge in [-0.3, -0.25) is 0 Å². The maximum Gasteiger partial charge on any atom is 0.319 e. The highest BCUT2D eigenvalue weighted by Crippen LogP contribution is 2.26. The zero-order chi connectivity index (χ0) is 16.1. The standard InChI is InChI=1S/C17H15ClN2O2S/c18-14-4-1-2-5-15(14)20-17(21)19-10-13(12-7-9-23-11-12)16-6-3-8-22-16/h1-9,11,13H,10H2,(H2,19,20,21). The quantitative estimate of drug-likeness (QED) is 0.686. The van der Waals surface area contributed by atoms with E-state index in [1.165, 1.54) is 0 Å². The third-order valence-electron chi connectivity index (χ3n) is 3.42. The lowest BCUT2D eigenvalue weighted by Crippen LogP contribution is -2.32. The van der Waals surface area contributed by atoms with E-state index in [0.29, 0.717) is 17.3 Å². The average Bonchev–Trinajstić information content (AvgIpc) is 3.23. The van der Waals surface area contributed by atoms with Gasteiger partial charge in [0, 0.05) is 6.54 Å². The molecule has 2 aromatic heterocycles. The Kier molecular flexibility index (Phi) is 5.00. The number of benzene rings is 1. The molecule has 4 nitrogen and oxygen atoms in total. The van der Waals surface area contributed by atoms with Crippen LogP contribution in [0, 0.1) is 0 Å². The summed E-state index contributed by atoms with van der Waals surface area (Å²) in [4.78, 5) is 12.1. The Morgan fingerprint density at radius 1 is 1.22 bits per heavy atom. The van der Waals surface area contributed by atoms with Gasteiger partial charge in [-0.1, -0.05) is 23.7 Å². The number of carbonyl (C=O) groups excluding carboxylic acids is 1. The molecular formula is C17H15ClN2O2S. The maximum atomic E-state index is 12.1. The Labute approximate surface area is 143 Å². The number of halogens is 1. The zero-order valence-corrected chi connectivity index (χ0v) is 13.7. The predicted octanol–water partition coefficient (Wildman–Crippen LogP) is 4.95. The van der Waals surface area contributed by atoms with Crippen LogP contribution in [0.2, 0.25) is 5.02 Å². The molecule has 2 N–H and O–H groups in total. The van der Waals surface area contributed by atoms with E-state index in [9.17, 15) is 4.79 Å². The fourth-order valence-electron chi connectivity index (χ4n) is 2.27. The van der Waals surface area contributed by atoms with Crippen molar-refractivity contribution < 1.29 is 9.21 Å². The van der Waals surface area contributed by atoms with Crippen LogP contribution < -0.4 is 10.6 Å². The molecule has 23 heavy (non-hydrogen) atoms. The van der Waals surface area contributed by atoms with Crippen molar-refractivity contribution in [3.63, 3.8) is 0 Å². The number of rotatable bonds is 5. The molecule has 0 aliphatic heterocycles. The normalized spacial score (nSPS) is 11.9. The molecule has 2 heterocycles. The first-order chi connectivity index (χ1) is 11.2. The molecule has 0 saturated heterocycles. The maximum absolute atomic E-state index is 12.1. The fraction of sp³-hybridized carbons (Fsp3) is 0.118. The number of urea groups is 1. The summed E-state index contributed by atoms with van der Waals surface area (Å²) in [6.07, 6.45) is 1.64. The van der Waals surface area contributed by atoms with Gasteiger partial charge in [-0.15, -0.1) is 0 Å². The molecule has 3 aromatic rings. The number of amides is 2. The van der Waals surface area contributed by atoms with E-state index in [0.717, 1.165) is 11.3 Å². The van der Waals surface area contributed by atoms with Crippen LogP contribution in [0.1, 0.15) is 17.2 Å². The summed E-state index contributed by atoms with van der Waals surface area (Å²) in [6.45, 7) is 0.431. The molecule has 1 unspecified atom stereocenters. The van der Waals surface area contributed by atoms with Crippen molar-refractivity contribution >= 4 is 34.7 Å². The van der Waals surface area contributed by atoms with Gasteiger partial charge in [-0.05, 0) is 46.7 Å². The molecular weight excluding hydrogens is 332 g/mol. The lowest BCUT2D eigenvalue weighted by molar-refractivity contribution is 0.251. The third kappa shape index (κ3) is 3.94. The molecule has 1 aromatic carbocycles. The first-order valence-corrected chi connectivity index (χ1v) is 8.41. The van der Waals surface area contributed by atoms with Gasteiger partial charge >= 0.3 is 6.03 Å². The van der Waals surface area contributed by atoms with E-state index >= 15 is 0 Å². The average molecular weight is 347 g/mol. The van der Waals surface area contributed by atoms with Gasteiger partial charge < -0.3 is 15.1 Å². The first kappa shape index (κ1) is 15.6. The molecule has 0 aliphatic rings. The predicted molar refractivity (Wildman–Crippen MR) is 93.3 cm³/mol. The zero-order valence-electron chi connectivity index (χ0n) is 12.2. The Morgan fingerprint density at radius 2 is 2.09 bits per heavy atom. The summed E-state index contributed by atoms with van der Waals surface area (Å²) in [5.74, 6) is 0.801. The monoisotopic (exact) mass is 346 g/mol. The summed E-state index contributed by atoms with van der Waals surface area (Å²) in [6, 6.07) is 12.6. The minimum Gasteiger partial charge on any atom is -0.469 e. The van der Waals surface area contributed by atoms with Gasteiger partial charge in [0.25, 0.3) is 0 Å². The summed E-state index contributed by atoms with van der Waals surface area (Å²) < 4.78 is 5.50. The van der Waals surface area contributed by atoms with Crippen molar-refractivity contribution in [3.8, 4) is 0 Å².